The maximum Gasteiger partial charge on any atom is 0.261 e. The largest absolute Gasteiger partial charge is 0.477 e. The molecule has 2 heterocycles. The average Bonchev–Trinajstić information content (AvgIpc) is 3.18. The third-order valence-electron chi connectivity index (χ3n) is 4.53. The number of carbonyl (C=O) groups is 1. The Kier molecular flexibility index (Phi) is 4.22. The Morgan fingerprint density at radius 2 is 2.25 bits per heavy atom. The fourth-order valence-corrected chi connectivity index (χ4v) is 4.45. The molecular formula is C18H19FN2O2S. The van der Waals surface area contributed by atoms with Crippen molar-refractivity contribution in [1.82, 2.24) is 10.3 Å². The lowest BCUT2D eigenvalue weighted by atomic mass is 10.0. The smallest absolute Gasteiger partial charge is 0.261 e. The van der Waals surface area contributed by atoms with Crippen LogP contribution < -0.4 is 10.1 Å². The second kappa shape index (κ2) is 6.51. The summed E-state index contributed by atoms with van der Waals surface area (Å²) >= 11 is 1.77. The number of ether oxygens (including phenoxy) is 1. The third kappa shape index (κ3) is 3.02. The molecule has 0 unspecified atom stereocenters. The molecule has 0 saturated carbocycles. The quantitative estimate of drug-likeness (QED) is 0.926. The Balaban J connectivity index is 1.30. The zero-order valence-corrected chi connectivity index (χ0v) is 14.1. The van der Waals surface area contributed by atoms with Crippen molar-refractivity contribution < 1.29 is 13.9 Å². The number of thiazole rings is 1. The Morgan fingerprint density at radius 1 is 1.38 bits per heavy atom. The van der Waals surface area contributed by atoms with Crippen LogP contribution in [0.2, 0.25) is 0 Å². The molecule has 4 rings (SSSR count). The van der Waals surface area contributed by atoms with Crippen LogP contribution in [0.4, 0.5) is 4.39 Å². The first-order valence-corrected chi connectivity index (χ1v) is 9.21. The lowest BCUT2D eigenvalue weighted by Crippen LogP contribution is -2.38. The van der Waals surface area contributed by atoms with Gasteiger partial charge in [0.1, 0.15) is 0 Å². The summed E-state index contributed by atoms with van der Waals surface area (Å²) in [5.74, 6) is -0.381. The predicted octanol–water partition coefficient (Wildman–Crippen LogP) is 2.82. The first kappa shape index (κ1) is 15.6. The molecule has 0 spiro atoms. The number of aryl methyl sites for hydroxylation is 2. The number of hydrogen-bond donors (Lipinski definition) is 1. The normalized spacial score (nSPS) is 18.6. The van der Waals surface area contributed by atoms with Gasteiger partial charge in [-0.3, -0.25) is 4.79 Å². The van der Waals surface area contributed by atoms with E-state index in [0.717, 1.165) is 29.8 Å². The van der Waals surface area contributed by atoms with Gasteiger partial charge in [0.15, 0.2) is 17.7 Å². The van der Waals surface area contributed by atoms with Gasteiger partial charge in [-0.15, -0.1) is 11.3 Å². The van der Waals surface area contributed by atoms with Crippen molar-refractivity contribution in [3.05, 3.63) is 45.2 Å². The summed E-state index contributed by atoms with van der Waals surface area (Å²) in [5, 5.41) is 3.97. The molecule has 2 aromatic rings. The molecule has 1 aromatic carbocycles. The Morgan fingerprint density at radius 3 is 3.08 bits per heavy atom. The molecule has 1 atom stereocenters. The van der Waals surface area contributed by atoms with E-state index in [4.69, 9.17) is 4.74 Å². The van der Waals surface area contributed by atoms with Crippen molar-refractivity contribution in [2.45, 2.75) is 44.6 Å². The van der Waals surface area contributed by atoms with Gasteiger partial charge < -0.3 is 10.1 Å². The number of para-hydroxylation sites is 1. The summed E-state index contributed by atoms with van der Waals surface area (Å²) < 4.78 is 19.1. The minimum Gasteiger partial charge on any atom is -0.477 e. The van der Waals surface area contributed by atoms with Gasteiger partial charge in [-0.25, -0.2) is 9.37 Å². The minimum atomic E-state index is -0.638. The third-order valence-corrected chi connectivity index (χ3v) is 5.75. The van der Waals surface area contributed by atoms with E-state index < -0.39 is 11.9 Å². The number of hydrogen-bond acceptors (Lipinski definition) is 4. The molecule has 126 valence electrons. The van der Waals surface area contributed by atoms with Crippen LogP contribution in [0.5, 0.6) is 5.75 Å². The van der Waals surface area contributed by atoms with Gasteiger partial charge in [0.25, 0.3) is 5.91 Å². The SMILES string of the molecule is O=C(NCCc1nc2c(s1)CCCC2)[C@H]1Cc2cccc(F)c2O1. The average molecular weight is 346 g/mol. The topological polar surface area (TPSA) is 51.2 Å². The number of rotatable bonds is 4. The van der Waals surface area contributed by atoms with Crippen LogP contribution in [0, 0.1) is 5.82 Å². The molecule has 0 saturated heterocycles. The van der Waals surface area contributed by atoms with Crippen molar-refractivity contribution in [2.24, 2.45) is 0 Å². The molecule has 24 heavy (non-hydrogen) atoms. The summed E-state index contributed by atoms with van der Waals surface area (Å²) in [7, 11) is 0. The Hall–Kier alpha value is -1.95. The van der Waals surface area contributed by atoms with E-state index in [1.54, 1.807) is 23.5 Å². The Bertz CT molecular complexity index is 751. The maximum absolute atomic E-state index is 13.6. The van der Waals surface area contributed by atoms with E-state index in [9.17, 15) is 9.18 Å². The van der Waals surface area contributed by atoms with Gasteiger partial charge in [-0.05, 0) is 31.7 Å². The van der Waals surface area contributed by atoms with Gasteiger partial charge >= 0.3 is 0 Å². The van der Waals surface area contributed by atoms with Crippen molar-refractivity contribution in [1.29, 1.82) is 0 Å². The standard InChI is InChI=1S/C18H19FN2O2S/c19-12-5-3-4-11-10-14(23-17(11)12)18(22)20-9-8-16-21-13-6-1-2-7-15(13)24-16/h3-5,14H,1-2,6-10H2,(H,20,22)/t14-/m1/s1. The molecule has 1 N–H and O–H groups in total. The molecule has 0 radical (unpaired) electrons. The second-order valence-electron chi connectivity index (χ2n) is 6.26. The Labute approximate surface area is 144 Å². The van der Waals surface area contributed by atoms with Gasteiger partial charge in [0.05, 0.1) is 10.7 Å². The van der Waals surface area contributed by atoms with Crippen molar-refractivity contribution in [2.75, 3.05) is 6.54 Å². The molecular weight excluding hydrogens is 327 g/mol. The number of nitrogens with one attached hydrogen (secondary N) is 1. The monoisotopic (exact) mass is 346 g/mol. The van der Waals surface area contributed by atoms with Crippen LogP contribution in [0.3, 0.4) is 0 Å². The number of benzene rings is 1. The zero-order valence-electron chi connectivity index (χ0n) is 13.3. The van der Waals surface area contributed by atoms with Gasteiger partial charge in [-0.1, -0.05) is 12.1 Å². The highest BCUT2D eigenvalue weighted by Gasteiger charge is 2.30. The molecule has 1 amide bonds. The van der Waals surface area contributed by atoms with Gasteiger partial charge in [0, 0.05) is 29.8 Å². The maximum atomic E-state index is 13.6. The molecule has 1 aliphatic heterocycles. The van der Waals surface area contributed by atoms with E-state index in [-0.39, 0.29) is 11.7 Å². The molecule has 2 aliphatic rings. The number of aromatic nitrogens is 1. The first-order valence-electron chi connectivity index (χ1n) is 8.40. The second-order valence-corrected chi connectivity index (χ2v) is 7.43. The fourth-order valence-electron chi connectivity index (χ4n) is 3.29. The summed E-state index contributed by atoms with van der Waals surface area (Å²) in [6.07, 6.45) is 5.21. The van der Waals surface area contributed by atoms with E-state index in [0.29, 0.717) is 13.0 Å². The van der Waals surface area contributed by atoms with E-state index in [1.165, 1.54) is 29.5 Å². The predicted molar refractivity (Wildman–Crippen MR) is 90.0 cm³/mol. The lowest BCUT2D eigenvalue weighted by molar-refractivity contribution is -0.127. The molecule has 1 aromatic heterocycles. The summed E-state index contributed by atoms with van der Waals surface area (Å²) in [4.78, 5) is 18.3. The number of halogens is 1. The van der Waals surface area contributed by atoms with E-state index in [1.807, 2.05) is 0 Å². The molecule has 0 bridgehead atoms. The highest BCUT2D eigenvalue weighted by Crippen LogP contribution is 2.31. The van der Waals surface area contributed by atoms with Crippen LogP contribution in [0.15, 0.2) is 18.2 Å². The number of carbonyl (C=O) groups excluding carboxylic acids is 1. The lowest BCUT2D eigenvalue weighted by Gasteiger charge is -2.10. The van der Waals surface area contributed by atoms with Crippen molar-refractivity contribution in [3.8, 4) is 5.75 Å². The molecule has 4 nitrogen and oxygen atoms in total. The highest BCUT2D eigenvalue weighted by atomic mass is 32.1. The fraction of sp³-hybridized carbons (Fsp3) is 0.444. The van der Waals surface area contributed by atoms with Crippen molar-refractivity contribution >= 4 is 17.2 Å². The molecule has 1 aliphatic carbocycles. The van der Waals surface area contributed by atoms with Crippen LogP contribution in [-0.2, 0) is 30.5 Å². The van der Waals surface area contributed by atoms with Gasteiger partial charge in [-0.2, -0.15) is 0 Å². The van der Waals surface area contributed by atoms with Crippen LogP contribution in [0.1, 0.15) is 34.0 Å². The van der Waals surface area contributed by atoms with Crippen LogP contribution >= 0.6 is 11.3 Å². The first-order chi connectivity index (χ1) is 11.7. The summed E-state index contributed by atoms with van der Waals surface area (Å²) in [6.45, 7) is 0.532. The molecule has 0 fully saturated rings. The zero-order chi connectivity index (χ0) is 16.5. The van der Waals surface area contributed by atoms with Crippen molar-refractivity contribution in [3.63, 3.8) is 0 Å². The highest BCUT2D eigenvalue weighted by molar-refractivity contribution is 7.11. The number of amides is 1. The van der Waals surface area contributed by atoms with E-state index >= 15 is 0 Å². The number of fused-ring (bicyclic) bond motifs is 2. The van der Waals surface area contributed by atoms with Crippen LogP contribution in [-0.4, -0.2) is 23.5 Å². The van der Waals surface area contributed by atoms with Gasteiger partial charge in [0.2, 0.25) is 0 Å². The number of nitrogens with zero attached hydrogens (tertiary/aromatic N) is 1. The summed E-state index contributed by atoms with van der Waals surface area (Å²) in [6, 6.07) is 4.79. The molecule has 6 heteroatoms. The minimum absolute atomic E-state index is 0.188. The summed E-state index contributed by atoms with van der Waals surface area (Å²) in [5.41, 5.74) is 2.00. The van der Waals surface area contributed by atoms with Crippen LogP contribution in [0.25, 0.3) is 0 Å². The van der Waals surface area contributed by atoms with E-state index in [2.05, 4.69) is 10.3 Å².